The zero-order valence-electron chi connectivity index (χ0n) is 15.2. The fourth-order valence-corrected chi connectivity index (χ4v) is 5.07. The molecular weight excluding hydrogens is 413 g/mol. The van der Waals surface area contributed by atoms with Gasteiger partial charge in [-0.05, 0) is 53.3 Å². The van der Waals surface area contributed by atoms with Gasteiger partial charge in [-0.3, -0.25) is 4.79 Å². The molecule has 1 heterocycles. The third-order valence-corrected chi connectivity index (χ3v) is 6.51. The average molecular weight is 433 g/mol. The van der Waals surface area contributed by atoms with E-state index in [1.807, 2.05) is 41.3 Å². The molecule has 0 spiro atoms. The minimum atomic E-state index is -0.104. The maximum atomic E-state index is 12.9. The Hall–Kier alpha value is -1.74. The molecule has 2 aromatic carbocycles. The number of benzene rings is 2. The van der Waals surface area contributed by atoms with E-state index in [0.29, 0.717) is 21.6 Å². The van der Waals surface area contributed by atoms with E-state index in [0.717, 1.165) is 29.7 Å². The minimum absolute atomic E-state index is 0.101. The summed E-state index contributed by atoms with van der Waals surface area (Å²) in [6.45, 7) is 5.11. The van der Waals surface area contributed by atoms with Crippen LogP contribution in [0.2, 0.25) is 15.1 Å². The molecule has 5 heteroatoms. The molecule has 0 aromatic heterocycles. The Balaban J connectivity index is 1.79. The molecule has 1 saturated heterocycles. The summed E-state index contributed by atoms with van der Waals surface area (Å²) in [5.41, 5.74) is 3.23. The second-order valence-electron chi connectivity index (χ2n) is 7.40. The summed E-state index contributed by atoms with van der Waals surface area (Å²) in [5, 5.41) is 1.96. The molecule has 144 valence electrons. The molecule has 1 fully saturated rings. The Bertz CT molecular complexity index is 951. The van der Waals surface area contributed by atoms with Gasteiger partial charge >= 0.3 is 0 Å². The van der Waals surface area contributed by atoms with Crippen LogP contribution in [0.3, 0.4) is 0 Å². The van der Waals surface area contributed by atoms with Crippen molar-refractivity contribution >= 4 is 46.3 Å². The van der Waals surface area contributed by atoms with E-state index in [-0.39, 0.29) is 23.7 Å². The molecule has 28 heavy (non-hydrogen) atoms. The molecule has 4 rings (SSSR count). The molecule has 0 saturated carbocycles. The Morgan fingerprint density at radius 3 is 2.46 bits per heavy atom. The Kier molecular flexibility index (Phi) is 5.55. The fourth-order valence-electron chi connectivity index (χ4n) is 4.41. The highest BCUT2D eigenvalue weighted by Crippen LogP contribution is 2.48. The first-order valence-corrected chi connectivity index (χ1v) is 10.4. The van der Waals surface area contributed by atoms with Gasteiger partial charge in [-0.25, -0.2) is 0 Å². The van der Waals surface area contributed by atoms with Gasteiger partial charge in [0.25, 0.3) is 0 Å². The Morgan fingerprint density at radius 1 is 1.07 bits per heavy atom. The average Bonchev–Trinajstić information content (AvgIpc) is 2.97. The molecule has 0 radical (unpaired) electrons. The predicted octanol–water partition coefficient (Wildman–Crippen LogP) is 6.48. The fraction of sp³-hybridized carbons (Fsp3) is 0.261. The summed E-state index contributed by atoms with van der Waals surface area (Å²) in [6, 6.07) is 13.4. The predicted molar refractivity (Wildman–Crippen MR) is 117 cm³/mol. The van der Waals surface area contributed by atoms with E-state index in [4.69, 9.17) is 34.8 Å². The first-order chi connectivity index (χ1) is 13.5. The standard InChI is InChI=1S/C23H20Cl3NO/c1-2-9-27-13-15-10-21(18-8-7-17(25)11-22(18)26)19(12-20(15)23(27)28)14-3-5-16(24)6-4-14/h2-8,11-12,15,20-21H,1,9-10,13H2/t15-,20-,21?/m1/s1. The topological polar surface area (TPSA) is 20.3 Å². The number of halogens is 3. The van der Waals surface area contributed by atoms with Gasteiger partial charge in [0, 0.05) is 34.1 Å². The number of hydrogen-bond acceptors (Lipinski definition) is 1. The first-order valence-electron chi connectivity index (χ1n) is 9.30. The van der Waals surface area contributed by atoms with Crippen molar-refractivity contribution in [1.29, 1.82) is 0 Å². The summed E-state index contributed by atoms with van der Waals surface area (Å²) in [6.07, 6.45) is 4.78. The van der Waals surface area contributed by atoms with Crippen LogP contribution in [-0.4, -0.2) is 23.9 Å². The number of carbonyl (C=O) groups excluding carboxylic acids is 1. The highest BCUT2D eigenvalue weighted by molar-refractivity contribution is 6.35. The van der Waals surface area contributed by atoms with E-state index in [1.54, 1.807) is 12.1 Å². The molecule has 2 aliphatic rings. The van der Waals surface area contributed by atoms with Crippen LogP contribution >= 0.6 is 34.8 Å². The molecule has 3 atom stereocenters. The lowest BCUT2D eigenvalue weighted by Gasteiger charge is -2.31. The molecule has 0 N–H and O–H groups in total. The molecule has 1 aliphatic heterocycles. The van der Waals surface area contributed by atoms with Crippen molar-refractivity contribution in [1.82, 2.24) is 4.90 Å². The van der Waals surface area contributed by atoms with Crippen LogP contribution in [0.25, 0.3) is 5.57 Å². The van der Waals surface area contributed by atoms with Crippen molar-refractivity contribution in [2.75, 3.05) is 13.1 Å². The molecule has 1 unspecified atom stereocenters. The summed E-state index contributed by atoms with van der Waals surface area (Å²) in [5.74, 6) is 0.439. The number of nitrogens with zero attached hydrogens (tertiary/aromatic N) is 1. The van der Waals surface area contributed by atoms with Crippen molar-refractivity contribution in [2.45, 2.75) is 12.3 Å². The van der Waals surface area contributed by atoms with Crippen LogP contribution in [0, 0.1) is 11.8 Å². The SMILES string of the molecule is C=CCN1C[C@H]2CC(c3ccc(Cl)cc3Cl)C(c3ccc(Cl)cc3)=C[C@H]2C1=O. The first kappa shape index (κ1) is 19.6. The molecule has 2 nitrogen and oxygen atoms in total. The number of likely N-dealkylation sites (tertiary alicyclic amines) is 1. The quantitative estimate of drug-likeness (QED) is 0.506. The van der Waals surface area contributed by atoms with Crippen molar-refractivity contribution in [3.63, 3.8) is 0 Å². The van der Waals surface area contributed by atoms with Gasteiger partial charge in [0.1, 0.15) is 0 Å². The monoisotopic (exact) mass is 431 g/mol. The summed E-state index contributed by atoms with van der Waals surface area (Å²) < 4.78 is 0. The van der Waals surface area contributed by atoms with Gasteiger partial charge in [-0.1, -0.05) is 65.2 Å². The van der Waals surface area contributed by atoms with Gasteiger partial charge in [0.2, 0.25) is 5.91 Å². The zero-order valence-corrected chi connectivity index (χ0v) is 17.5. The van der Waals surface area contributed by atoms with Gasteiger partial charge < -0.3 is 4.90 Å². The highest BCUT2D eigenvalue weighted by atomic mass is 35.5. The van der Waals surface area contributed by atoms with Crippen molar-refractivity contribution < 1.29 is 4.79 Å². The molecule has 1 amide bonds. The van der Waals surface area contributed by atoms with Crippen molar-refractivity contribution in [2.24, 2.45) is 11.8 Å². The van der Waals surface area contributed by atoms with Crippen LogP contribution in [0.15, 0.2) is 61.2 Å². The smallest absolute Gasteiger partial charge is 0.230 e. The normalized spacial score (nSPS) is 24.1. The summed E-state index contributed by atoms with van der Waals surface area (Å²) in [4.78, 5) is 14.8. The van der Waals surface area contributed by atoms with E-state index < -0.39 is 0 Å². The lowest BCUT2D eigenvalue weighted by Crippen LogP contribution is -2.27. The third-order valence-electron chi connectivity index (χ3n) is 5.70. The van der Waals surface area contributed by atoms with Gasteiger partial charge in [0.15, 0.2) is 0 Å². The van der Waals surface area contributed by atoms with Gasteiger partial charge in [-0.15, -0.1) is 6.58 Å². The number of rotatable bonds is 4. The lowest BCUT2D eigenvalue weighted by atomic mass is 9.71. The van der Waals surface area contributed by atoms with Crippen molar-refractivity contribution in [3.8, 4) is 0 Å². The van der Waals surface area contributed by atoms with E-state index >= 15 is 0 Å². The van der Waals surface area contributed by atoms with Gasteiger partial charge in [-0.2, -0.15) is 0 Å². The highest BCUT2D eigenvalue weighted by Gasteiger charge is 2.43. The minimum Gasteiger partial charge on any atom is -0.338 e. The van der Waals surface area contributed by atoms with Crippen LogP contribution < -0.4 is 0 Å². The third kappa shape index (κ3) is 3.61. The Labute approximate surface area is 180 Å². The van der Waals surface area contributed by atoms with Crippen LogP contribution in [-0.2, 0) is 4.79 Å². The van der Waals surface area contributed by atoms with E-state index in [1.165, 1.54) is 0 Å². The van der Waals surface area contributed by atoms with E-state index in [9.17, 15) is 4.79 Å². The Morgan fingerprint density at radius 2 is 1.79 bits per heavy atom. The number of amides is 1. The number of hydrogen-bond donors (Lipinski definition) is 0. The van der Waals surface area contributed by atoms with Crippen LogP contribution in [0.4, 0.5) is 0 Å². The molecule has 0 bridgehead atoms. The lowest BCUT2D eigenvalue weighted by molar-refractivity contribution is -0.129. The largest absolute Gasteiger partial charge is 0.338 e. The number of carbonyl (C=O) groups is 1. The van der Waals surface area contributed by atoms with Crippen LogP contribution in [0.1, 0.15) is 23.5 Å². The van der Waals surface area contributed by atoms with E-state index in [2.05, 4.69) is 12.7 Å². The second-order valence-corrected chi connectivity index (χ2v) is 8.68. The van der Waals surface area contributed by atoms with Gasteiger partial charge in [0.05, 0.1) is 5.92 Å². The summed E-state index contributed by atoms with van der Waals surface area (Å²) >= 11 is 18.8. The van der Waals surface area contributed by atoms with Crippen molar-refractivity contribution in [3.05, 3.63) is 87.4 Å². The maximum absolute atomic E-state index is 12.9. The summed E-state index contributed by atoms with van der Waals surface area (Å²) in [7, 11) is 0. The molecule has 2 aromatic rings. The maximum Gasteiger partial charge on any atom is 0.230 e. The zero-order chi connectivity index (χ0) is 19.8. The van der Waals surface area contributed by atoms with Crippen LogP contribution in [0.5, 0.6) is 0 Å². The second kappa shape index (κ2) is 7.94. The molecular formula is C23H20Cl3NO. The number of fused-ring (bicyclic) bond motifs is 1. The number of allylic oxidation sites excluding steroid dienone is 1. The molecule has 1 aliphatic carbocycles.